The fourth-order valence-corrected chi connectivity index (χ4v) is 4.95. The molecule has 0 bridgehead atoms. The second kappa shape index (κ2) is 11.8. The highest BCUT2D eigenvalue weighted by Crippen LogP contribution is 2.37. The van der Waals surface area contributed by atoms with Gasteiger partial charge in [0.2, 0.25) is 5.91 Å². The Morgan fingerprint density at radius 2 is 1.76 bits per heavy atom. The zero-order valence-electron chi connectivity index (χ0n) is 20.3. The van der Waals surface area contributed by atoms with Crippen LogP contribution in [0.25, 0.3) is 0 Å². The Hall–Kier alpha value is -3.17. The standard InChI is InChI=1S/C28H36N4O2/c1-22(2)28(21-29,24-14-7-4-8-15-24)18-10-9-17-26(33)31-19-11-16-25(31)27(34)32(30)20-23-12-5-3-6-13-23/h3-8,12-15,22,25H,9-11,16-20,30H2,1-2H3/t25-,28+/m1/s1. The van der Waals surface area contributed by atoms with E-state index in [0.717, 1.165) is 24.0 Å². The number of unbranched alkanes of at least 4 members (excludes halogenated alkanes) is 1. The van der Waals surface area contributed by atoms with Crippen molar-refractivity contribution in [3.8, 4) is 6.07 Å². The smallest absolute Gasteiger partial charge is 0.259 e. The third-order valence-corrected chi connectivity index (χ3v) is 7.02. The van der Waals surface area contributed by atoms with Gasteiger partial charge < -0.3 is 4.90 Å². The van der Waals surface area contributed by atoms with E-state index in [1.54, 1.807) is 4.90 Å². The number of hydrazine groups is 1. The monoisotopic (exact) mass is 460 g/mol. The molecule has 1 heterocycles. The quantitative estimate of drug-likeness (QED) is 0.244. The highest BCUT2D eigenvalue weighted by atomic mass is 16.2. The minimum Gasteiger partial charge on any atom is -0.331 e. The van der Waals surface area contributed by atoms with Crippen molar-refractivity contribution in [2.24, 2.45) is 11.8 Å². The van der Waals surface area contributed by atoms with E-state index in [0.29, 0.717) is 38.8 Å². The Morgan fingerprint density at radius 1 is 1.12 bits per heavy atom. The van der Waals surface area contributed by atoms with Crippen LogP contribution in [0, 0.1) is 17.2 Å². The van der Waals surface area contributed by atoms with Crippen molar-refractivity contribution in [1.82, 2.24) is 9.91 Å². The molecule has 2 N–H and O–H groups in total. The molecule has 0 aromatic heterocycles. The van der Waals surface area contributed by atoms with Crippen molar-refractivity contribution >= 4 is 11.8 Å². The number of carbonyl (C=O) groups excluding carboxylic acids is 2. The molecule has 0 radical (unpaired) electrons. The lowest BCUT2D eigenvalue weighted by atomic mass is 9.69. The summed E-state index contributed by atoms with van der Waals surface area (Å²) in [4.78, 5) is 27.7. The highest BCUT2D eigenvalue weighted by molar-refractivity contribution is 5.88. The lowest BCUT2D eigenvalue weighted by molar-refractivity contribution is -0.144. The van der Waals surface area contributed by atoms with Crippen LogP contribution >= 0.6 is 0 Å². The number of nitrogens with zero attached hydrogens (tertiary/aromatic N) is 3. The third kappa shape index (κ3) is 5.84. The van der Waals surface area contributed by atoms with Crippen molar-refractivity contribution in [2.75, 3.05) is 6.54 Å². The second-order valence-corrected chi connectivity index (χ2v) is 9.51. The van der Waals surface area contributed by atoms with Gasteiger partial charge in [0, 0.05) is 13.0 Å². The molecule has 1 fully saturated rings. The lowest BCUT2D eigenvalue weighted by Gasteiger charge is -2.31. The zero-order valence-corrected chi connectivity index (χ0v) is 20.3. The Kier molecular flexibility index (Phi) is 8.84. The molecule has 0 spiro atoms. The molecule has 0 unspecified atom stereocenters. The Morgan fingerprint density at radius 3 is 2.38 bits per heavy atom. The molecule has 1 saturated heterocycles. The molecule has 2 aromatic rings. The van der Waals surface area contributed by atoms with Gasteiger partial charge in [0.1, 0.15) is 6.04 Å². The van der Waals surface area contributed by atoms with Gasteiger partial charge in [-0.1, -0.05) is 80.9 Å². The molecule has 0 aliphatic carbocycles. The Bertz CT molecular complexity index is 986. The van der Waals surface area contributed by atoms with E-state index in [-0.39, 0.29) is 17.7 Å². The van der Waals surface area contributed by atoms with Gasteiger partial charge in [-0.05, 0) is 42.7 Å². The molecule has 180 valence electrons. The summed E-state index contributed by atoms with van der Waals surface area (Å²) in [5.41, 5.74) is 1.43. The van der Waals surface area contributed by atoms with E-state index < -0.39 is 11.5 Å². The average molecular weight is 461 g/mol. The van der Waals surface area contributed by atoms with E-state index >= 15 is 0 Å². The Balaban J connectivity index is 1.54. The number of nitrogens with two attached hydrogens (primary N) is 1. The van der Waals surface area contributed by atoms with Crippen LogP contribution in [0.4, 0.5) is 0 Å². The fraction of sp³-hybridized carbons (Fsp3) is 0.464. The first-order valence-corrected chi connectivity index (χ1v) is 12.3. The molecular weight excluding hydrogens is 424 g/mol. The second-order valence-electron chi connectivity index (χ2n) is 9.51. The molecule has 6 nitrogen and oxygen atoms in total. The van der Waals surface area contributed by atoms with Crippen molar-refractivity contribution < 1.29 is 9.59 Å². The summed E-state index contributed by atoms with van der Waals surface area (Å²) >= 11 is 0. The first-order chi connectivity index (χ1) is 16.4. The molecular formula is C28H36N4O2. The predicted molar refractivity (Wildman–Crippen MR) is 133 cm³/mol. The molecule has 1 aliphatic rings. The number of carbonyl (C=O) groups is 2. The maximum absolute atomic E-state index is 13.0. The van der Waals surface area contributed by atoms with Crippen LogP contribution in [0.1, 0.15) is 63.5 Å². The normalized spacial score (nSPS) is 17.3. The van der Waals surface area contributed by atoms with Gasteiger partial charge in [-0.3, -0.25) is 14.6 Å². The summed E-state index contributed by atoms with van der Waals surface area (Å²) in [6.07, 6.45) is 3.99. The van der Waals surface area contributed by atoms with E-state index in [2.05, 4.69) is 19.9 Å². The van der Waals surface area contributed by atoms with Crippen LogP contribution < -0.4 is 5.84 Å². The molecule has 2 aromatic carbocycles. The van der Waals surface area contributed by atoms with Gasteiger partial charge in [-0.2, -0.15) is 5.26 Å². The summed E-state index contributed by atoms with van der Waals surface area (Å²) in [6.45, 7) is 5.07. The highest BCUT2D eigenvalue weighted by Gasteiger charge is 2.37. The summed E-state index contributed by atoms with van der Waals surface area (Å²) < 4.78 is 0. The van der Waals surface area contributed by atoms with Crippen LogP contribution in [0.15, 0.2) is 60.7 Å². The minimum absolute atomic E-state index is 0.00391. The summed E-state index contributed by atoms with van der Waals surface area (Å²) in [5, 5.41) is 11.3. The zero-order chi connectivity index (χ0) is 24.6. The van der Waals surface area contributed by atoms with Gasteiger partial charge in [0.05, 0.1) is 18.0 Å². The van der Waals surface area contributed by atoms with E-state index in [9.17, 15) is 14.9 Å². The molecule has 34 heavy (non-hydrogen) atoms. The van der Waals surface area contributed by atoms with E-state index in [1.807, 2.05) is 60.7 Å². The van der Waals surface area contributed by atoms with Crippen LogP contribution in [-0.4, -0.2) is 34.3 Å². The molecule has 0 saturated carbocycles. The molecule has 3 rings (SSSR count). The summed E-state index contributed by atoms with van der Waals surface area (Å²) in [6, 6.07) is 21.6. The average Bonchev–Trinajstić information content (AvgIpc) is 3.35. The summed E-state index contributed by atoms with van der Waals surface area (Å²) in [5.74, 6) is 6.03. The number of amides is 2. The third-order valence-electron chi connectivity index (χ3n) is 7.02. The van der Waals surface area contributed by atoms with E-state index in [1.165, 1.54) is 5.01 Å². The first-order valence-electron chi connectivity index (χ1n) is 12.3. The molecule has 2 amide bonds. The SMILES string of the molecule is CC(C)[C@@](C#N)(CCCCC(=O)N1CCC[C@@H]1C(=O)N(N)Cc1ccccc1)c1ccccc1. The number of hydrogen-bond donors (Lipinski definition) is 1. The molecule has 6 heteroatoms. The van der Waals surface area contributed by atoms with Gasteiger partial charge in [0.25, 0.3) is 5.91 Å². The van der Waals surface area contributed by atoms with Crippen molar-refractivity contribution in [3.63, 3.8) is 0 Å². The van der Waals surface area contributed by atoms with Crippen LogP contribution in [-0.2, 0) is 21.5 Å². The first kappa shape index (κ1) is 25.5. The van der Waals surface area contributed by atoms with Gasteiger partial charge in [-0.25, -0.2) is 5.84 Å². The number of likely N-dealkylation sites (tertiary alicyclic amines) is 1. The van der Waals surface area contributed by atoms with E-state index in [4.69, 9.17) is 5.84 Å². The minimum atomic E-state index is -0.562. The van der Waals surface area contributed by atoms with Crippen molar-refractivity contribution in [1.29, 1.82) is 5.26 Å². The summed E-state index contributed by atoms with van der Waals surface area (Å²) in [7, 11) is 0. The largest absolute Gasteiger partial charge is 0.331 e. The molecule has 2 atom stereocenters. The van der Waals surface area contributed by atoms with Crippen LogP contribution in [0.5, 0.6) is 0 Å². The van der Waals surface area contributed by atoms with Crippen molar-refractivity contribution in [3.05, 3.63) is 71.8 Å². The maximum atomic E-state index is 13.0. The van der Waals surface area contributed by atoms with Crippen molar-refractivity contribution in [2.45, 2.75) is 70.4 Å². The number of nitriles is 1. The fourth-order valence-electron chi connectivity index (χ4n) is 4.95. The number of benzene rings is 2. The van der Waals surface area contributed by atoms with Gasteiger partial charge >= 0.3 is 0 Å². The topological polar surface area (TPSA) is 90.4 Å². The number of hydrogen-bond acceptors (Lipinski definition) is 4. The van der Waals surface area contributed by atoms with Gasteiger partial charge in [-0.15, -0.1) is 0 Å². The predicted octanol–water partition coefficient (Wildman–Crippen LogP) is 4.56. The van der Waals surface area contributed by atoms with Crippen LogP contribution in [0.3, 0.4) is 0 Å². The maximum Gasteiger partial charge on any atom is 0.259 e. The van der Waals surface area contributed by atoms with Crippen LogP contribution in [0.2, 0.25) is 0 Å². The molecule has 1 aliphatic heterocycles. The lowest BCUT2D eigenvalue weighted by Crippen LogP contribution is -2.50. The van der Waals surface area contributed by atoms with Gasteiger partial charge in [0.15, 0.2) is 0 Å². The Labute approximate surface area is 203 Å². The number of rotatable bonds is 10.